The fourth-order valence-corrected chi connectivity index (χ4v) is 3.79. The molecular formula is C27H31NO3. The van der Waals surface area contributed by atoms with Crippen molar-refractivity contribution in [2.45, 2.75) is 44.7 Å². The number of nitrogens with zero attached hydrogens (tertiary/aromatic N) is 1. The highest BCUT2D eigenvalue weighted by Gasteiger charge is 2.28. The number of aliphatic hydroxyl groups excluding tert-OH is 1. The van der Waals surface area contributed by atoms with Gasteiger partial charge in [-0.25, -0.2) is 0 Å². The maximum atomic E-state index is 11.1. The molecule has 0 heterocycles. The molecule has 0 radical (unpaired) electrons. The lowest BCUT2D eigenvalue weighted by atomic mass is 10.0. The maximum Gasteiger partial charge on any atom is 0.120 e. The first-order valence-corrected chi connectivity index (χ1v) is 10.8. The Kier molecular flexibility index (Phi) is 9.45. The fourth-order valence-electron chi connectivity index (χ4n) is 3.79. The van der Waals surface area contributed by atoms with Crippen LogP contribution in [-0.4, -0.2) is 35.0 Å². The van der Waals surface area contributed by atoms with Crippen molar-refractivity contribution in [3.05, 3.63) is 108 Å². The van der Waals surface area contributed by atoms with E-state index in [0.717, 1.165) is 11.8 Å². The number of rotatable bonds is 13. The van der Waals surface area contributed by atoms with Gasteiger partial charge in [0.05, 0.1) is 25.4 Å². The first-order chi connectivity index (χ1) is 15.3. The lowest BCUT2D eigenvalue weighted by molar-refractivity contribution is -0.109. The molecule has 162 valence electrons. The molecule has 0 fully saturated rings. The Morgan fingerprint density at radius 2 is 1.26 bits per heavy atom. The van der Waals surface area contributed by atoms with E-state index in [-0.39, 0.29) is 18.8 Å². The molecule has 31 heavy (non-hydrogen) atoms. The van der Waals surface area contributed by atoms with Gasteiger partial charge < -0.3 is 14.6 Å². The molecule has 2 atom stereocenters. The third kappa shape index (κ3) is 7.44. The van der Waals surface area contributed by atoms with Gasteiger partial charge in [-0.05, 0) is 23.1 Å². The summed E-state index contributed by atoms with van der Waals surface area (Å²) in [6.45, 7) is 1.78. The minimum absolute atomic E-state index is 0.0437. The monoisotopic (exact) mass is 417 g/mol. The van der Waals surface area contributed by atoms with Crippen LogP contribution in [0.3, 0.4) is 0 Å². The minimum atomic E-state index is -0.261. The average molecular weight is 418 g/mol. The van der Waals surface area contributed by atoms with Crippen molar-refractivity contribution in [3.63, 3.8) is 0 Å². The Morgan fingerprint density at radius 3 is 1.71 bits per heavy atom. The highest BCUT2D eigenvalue weighted by molar-refractivity contribution is 5.49. The van der Waals surface area contributed by atoms with E-state index in [0.29, 0.717) is 32.5 Å². The van der Waals surface area contributed by atoms with E-state index < -0.39 is 0 Å². The molecule has 0 unspecified atom stereocenters. The van der Waals surface area contributed by atoms with Gasteiger partial charge in [-0.1, -0.05) is 91.0 Å². The Balaban J connectivity index is 1.81. The van der Waals surface area contributed by atoms with Crippen LogP contribution >= 0.6 is 0 Å². The topological polar surface area (TPSA) is 49.8 Å². The molecule has 3 aromatic carbocycles. The minimum Gasteiger partial charge on any atom is -0.395 e. The molecular weight excluding hydrogens is 386 g/mol. The summed E-state index contributed by atoms with van der Waals surface area (Å²) in [7, 11) is 0. The summed E-state index contributed by atoms with van der Waals surface area (Å²) in [5.41, 5.74) is 3.43. The second-order valence-electron chi connectivity index (χ2n) is 7.71. The van der Waals surface area contributed by atoms with E-state index in [4.69, 9.17) is 4.74 Å². The van der Waals surface area contributed by atoms with Gasteiger partial charge in [0, 0.05) is 19.5 Å². The van der Waals surface area contributed by atoms with Crippen LogP contribution in [0.15, 0.2) is 91.0 Å². The van der Waals surface area contributed by atoms with Crippen LogP contribution in [0.1, 0.15) is 29.5 Å². The molecule has 0 saturated carbocycles. The third-order valence-electron chi connectivity index (χ3n) is 5.42. The van der Waals surface area contributed by atoms with Crippen LogP contribution in [0.25, 0.3) is 0 Å². The summed E-state index contributed by atoms with van der Waals surface area (Å²) in [6, 6.07) is 30.3. The number of hydrogen-bond acceptors (Lipinski definition) is 4. The fraction of sp³-hybridized carbons (Fsp3) is 0.296. The van der Waals surface area contributed by atoms with E-state index >= 15 is 0 Å². The molecule has 0 amide bonds. The van der Waals surface area contributed by atoms with Crippen LogP contribution in [0.4, 0.5) is 0 Å². The van der Waals surface area contributed by atoms with Crippen LogP contribution < -0.4 is 0 Å². The Hall–Kier alpha value is -2.79. The van der Waals surface area contributed by atoms with Crippen LogP contribution in [0.5, 0.6) is 0 Å². The Labute approximate surface area is 185 Å². The second-order valence-corrected chi connectivity index (χ2v) is 7.71. The van der Waals surface area contributed by atoms with Gasteiger partial charge >= 0.3 is 0 Å². The quantitative estimate of drug-likeness (QED) is 0.413. The largest absolute Gasteiger partial charge is 0.395 e. The van der Waals surface area contributed by atoms with Crippen LogP contribution in [0, 0.1) is 0 Å². The van der Waals surface area contributed by atoms with Crippen molar-refractivity contribution < 1.29 is 14.6 Å². The maximum absolute atomic E-state index is 11.1. The molecule has 0 saturated heterocycles. The summed E-state index contributed by atoms with van der Waals surface area (Å²) in [6.07, 6.45) is 1.64. The number of aldehydes is 1. The number of aliphatic hydroxyl groups is 1. The lowest BCUT2D eigenvalue weighted by Crippen LogP contribution is -2.46. The molecule has 0 aromatic heterocycles. The van der Waals surface area contributed by atoms with Gasteiger partial charge in [-0.3, -0.25) is 4.90 Å². The average Bonchev–Trinajstić information content (AvgIpc) is 2.82. The van der Waals surface area contributed by atoms with Crippen molar-refractivity contribution in [2.24, 2.45) is 0 Å². The molecule has 4 heteroatoms. The number of hydrogen-bond donors (Lipinski definition) is 1. The Bertz CT molecular complexity index is 829. The highest BCUT2D eigenvalue weighted by Crippen LogP contribution is 2.21. The molecule has 3 rings (SSSR count). The third-order valence-corrected chi connectivity index (χ3v) is 5.42. The van der Waals surface area contributed by atoms with Crippen molar-refractivity contribution in [1.29, 1.82) is 0 Å². The van der Waals surface area contributed by atoms with Crippen molar-refractivity contribution in [3.8, 4) is 0 Å². The highest BCUT2D eigenvalue weighted by atomic mass is 16.5. The summed E-state index contributed by atoms with van der Waals surface area (Å²) >= 11 is 0. The summed E-state index contributed by atoms with van der Waals surface area (Å²) < 4.78 is 6.28. The van der Waals surface area contributed by atoms with Gasteiger partial charge in [0.15, 0.2) is 0 Å². The first kappa shape index (κ1) is 22.9. The lowest BCUT2D eigenvalue weighted by Gasteiger charge is -2.36. The van der Waals surface area contributed by atoms with Crippen molar-refractivity contribution in [2.75, 3.05) is 6.61 Å². The van der Waals surface area contributed by atoms with E-state index in [2.05, 4.69) is 29.2 Å². The van der Waals surface area contributed by atoms with E-state index in [9.17, 15) is 9.90 Å². The standard InChI is InChI=1S/C27H31NO3/c29-18-10-17-27(31-22-25-15-8-3-9-16-25)26(21-30)28(19-23-11-4-1-5-12-23)20-24-13-6-2-7-14-24/h1-9,11-16,18,26-27,30H,10,17,19-22H2/t26-,27+/m0/s1. The van der Waals surface area contributed by atoms with E-state index in [1.54, 1.807) is 0 Å². The van der Waals surface area contributed by atoms with Crippen LogP contribution in [-0.2, 0) is 29.2 Å². The summed E-state index contributed by atoms with van der Waals surface area (Å²) in [5.74, 6) is 0. The smallest absolute Gasteiger partial charge is 0.120 e. The molecule has 4 nitrogen and oxygen atoms in total. The van der Waals surface area contributed by atoms with Crippen molar-refractivity contribution in [1.82, 2.24) is 4.90 Å². The summed E-state index contributed by atoms with van der Waals surface area (Å²) in [5, 5.41) is 10.4. The zero-order valence-electron chi connectivity index (χ0n) is 17.8. The molecule has 0 aliphatic carbocycles. The van der Waals surface area contributed by atoms with Gasteiger partial charge in [0.2, 0.25) is 0 Å². The van der Waals surface area contributed by atoms with E-state index in [1.165, 1.54) is 11.1 Å². The molecule has 0 spiro atoms. The van der Waals surface area contributed by atoms with Crippen molar-refractivity contribution >= 4 is 6.29 Å². The zero-order chi connectivity index (χ0) is 21.7. The Morgan fingerprint density at radius 1 is 0.774 bits per heavy atom. The predicted molar refractivity (Wildman–Crippen MR) is 123 cm³/mol. The number of benzene rings is 3. The number of carbonyl (C=O) groups excluding carboxylic acids is 1. The van der Waals surface area contributed by atoms with Crippen LogP contribution in [0.2, 0.25) is 0 Å². The molecule has 1 N–H and O–H groups in total. The SMILES string of the molecule is O=CCC[C@@H](OCc1ccccc1)[C@H](CO)N(Cc1ccccc1)Cc1ccccc1. The molecule has 0 aliphatic rings. The molecule has 0 aliphatic heterocycles. The molecule has 0 bridgehead atoms. The zero-order valence-corrected chi connectivity index (χ0v) is 17.8. The molecule has 3 aromatic rings. The normalized spacial score (nSPS) is 13.1. The number of carbonyl (C=O) groups is 1. The van der Waals surface area contributed by atoms with Gasteiger partial charge in [0.25, 0.3) is 0 Å². The van der Waals surface area contributed by atoms with Gasteiger partial charge in [-0.15, -0.1) is 0 Å². The van der Waals surface area contributed by atoms with E-state index in [1.807, 2.05) is 66.7 Å². The van der Waals surface area contributed by atoms with Gasteiger partial charge in [0.1, 0.15) is 6.29 Å². The second kappa shape index (κ2) is 12.8. The predicted octanol–water partition coefficient (Wildman–Crippen LogP) is 4.61. The number of ether oxygens (including phenoxy) is 1. The summed E-state index contributed by atoms with van der Waals surface area (Å²) in [4.78, 5) is 13.4. The first-order valence-electron chi connectivity index (χ1n) is 10.8. The van der Waals surface area contributed by atoms with Gasteiger partial charge in [-0.2, -0.15) is 0 Å².